The van der Waals surface area contributed by atoms with E-state index in [0.29, 0.717) is 12.5 Å². The number of nitrogens with one attached hydrogen (secondary N) is 1. The monoisotopic (exact) mass is 266 g/mol. The summed E-state index contributed by atoms with van der Waals surface area (Å²) in [6.45, 7) is 8.76. The van der Waals surface area contributed by atoms with E-state index in [0.717, 1.165) is 38.2 Å². The normalized spacial score (nSPS) is 11.4. The second kappa shape index (κ2) is 7.94. The Bertz CT molecular complexity index is 368. The van der Waals surface area contributed by atoms with Gasteiger partial charge in [0.05, 0.1) is 19.0 Å². The summed E-state index contributed by atoms with van der Waals surface area (Å²) < 4.78 is 5.46. The Morgan fingerprint density at radius 2 is 2.16 bits per heavy atom. The van der Waals surface area contributed by atoms with E-state index >= 15 is 0 Å². The molecule has 5 nitrogen and oxygen atoms in total. The van der Waals surface area contributed by atoms with Gasteiger partial charge in [0.2, 0.25) is 5.88 Å². The molecule has 0 aromatic carbocycles. The molecule has 5 heteroatoms. The summed E-state index contributed by atoms with van der Waals surface area (Å²) >= 11 is 0. The van der Waals surface area contributed by atoms with Crippen LogP contribution in [0.4, 0.5) is 5.82 Å². The van der Waals surface area contributed by atoms with Crippen molar-refractivity contribution in [3.8, 4) is 5.88 Å². The van der Waals surface area contributed by atoms with Gasteiger partial charge in [0.15, 0.2) is 0 Å². The molecule has 3 N–H and O–H groups in total. The summed E-state index contributed by atoms with van der Waals surface area (Å²) in [4.78, 5) is 8.50. The average Bonchev–Trinajstić information content (AvgIpc) is 2.41. The number of hydrogen-bond acceptors (Lipinski definition) is 5. The molecule has 1 heterocycles. The van der Waals surface area contributed by atoms with Crippen molar-refractivity contribution >= 4 is 5.82 Å². The fraction of sp³-hybridized carbons (Fsp3) is 0.714. The van der Waals surface area contributed by atoms with Gasteiger partial charge < -0.3 is 15.8 Å². The van der Waals surface area contributed by atoms with Crippen molar-refractivity contribution in [3.05, 3.63) is 12.4 Å². The van der Waals surface area contributed by atoms with Gasteiger partial charge in [0.25, 0.3) is 0 Å². The molecule has 0 bridgehead atoms. The highest BCUT2D eigenvalue weighted by Crippen LogP contribution is 2.22. The molecule has 19 heavy (non-hydrogen) atoms. The van der Waals surface area contributed by atoms with E-state index in [4.69, 9.17) is 10.5 Å². The fourth-order valence-corrected chi connectivity index (χ4v) is 1.71. The van der Waals surface area contributed by atoms with Crippen molar-refractivity contribution in [2.45, 2.75) is 40.0 Å². The molecule has 1 rings (SSSR count). The number of rotatable bonds is 9. The van der Waals surface area contributed by atoms with Crippen LogP contribution in [-0.2, 0) is 0 Å². The minimum Gasteiger partial charge on any atom is -0.477 e. The molecule has 0 amide bonds. The molecule has 0 atom stereocenters. The van der Waals surface area contributed by atoms with Crippen molar-refractivity contribution < 1.29 is 4.74 Å². The summed E-state index contributed by atoms with van der Waals surface area (Å²) in [6, 6.07) is 0. The number of hydrogen-bond donors (Lipinski definition) is 2. The number of aromatic nitrogens is 2. The predicted molar refractivity (Wildman–Crippen MR) is 78.4 cm³/mol. The Hall–Kier alpha value is -1.36. The Kier molecular flexibility index (Phi) is 6.56. The van der Waals surface area contributed by atoms with Crippen molar-refractivity contribution in [2.75, 3.05) is 25.0 Å². The standard InChI is InChI=1S/C14H26N4O/c1-4-8-19-13-10-16-9-12(18-13)17-11-14(2,3)6-5-7-15/h9-10H,4-8,11,15H2,1-3H3,(H,17,18). The van der Waals surface area contributed by atoms with Gasteiger partial charge in [-0.05, 0) is 31.2 Å². The molecule has 0 fully saturated rings. The van der Waals surface area contributed by atoms with Gasteiger partial charge >= 0.3 is 0 Å². The third-order valence-corrected chi connectivity index (χ3v) is 2.87. The molecule has 0 aliphatic heterocycles. The van der Waals surface area contributed by atoms with E-state index in [1.54, 1.807) is 12.4 Å². The van der Waals surface area contributed by atoms with Gasteiger partial charge in [0, 0.05) is 6.54 Å². The molecule has 1 aromatic heterocycles. The summed E-state index contributed by atoms with van der Waals surface area (Å²) in [5.74, 6) is 1.33. The van der Waals surface area contributed by atoms with Gasteiger partial charge in [-0.3, -0.25) is 4.98 Å². The van der Waals surface area contributed by atoms with Crippen LogP contribution in [-0.4, -0.2) is 29.7 Å². The van der Waals surface area contributed by atoms with E-state index in [9.17, 15) is 0 Å². The SMILES string of the molecule is CCCOc1cncc(NCC(C)(C)CCCN)n1. The first-order valence-corrected chi connectivity index (χ1v) is 6.96. The second-order valence-corrected chi connectivity index (χ2v) is 5.50. The first kappa shape index (κ1) is 15.7. The van der Waals surface area contributed by atoms with Crippen LogP contribution in [0, 0.1) is 5.41 Å². The van der Waals surface area contributed by atoms with Crippen LogP contribution in [0.2, 0.25) is 0 Å². The Labute approximate surface area is 116 Å². The molecule has 0 aliphatic carbocycles. The van der Waals surface area contributed by atoms with Crippen molar-refractivity contribution in [1.29, 1.82) is 0 Å². The fourth-order valence-electron chi connectivity index (χ4n) is 1.71. The first-order valence-electron chi connectivity index (χ1n) is 6.96. The first-order chi connectivity index (χ1) is 9.07. The second-order valence-electron chi connectivity index (χ2n) is 5.50. The van der Waals surface area contributed by atoms with Crippen LogP contribution in [0.1, 0.15) is 40.0 Å². The average molecular weight is 266 g/mol. The maximum atomic E-state index is 5.55. The Balaban J connectivity index is 2.48. The molecular weight excluding hydrogens is 240 g/mol. The van der Waals surface area contributed by atoms with Crippen LogP contribution >= 0.6 is 0 Å². The third kappa shape index (κ3) is 6.38. The zero-order valence-electron chi connectivity index (χ0n) is 12.3. The molecule has 108 valence electrons. The van der Waals surface area contributed by atoms with Crippen LogP contribution < -0.4 is 15.8 Å². The molecule has 0 radical (unpaired) electrons. The van der Waals surface area contributed by atoms with Crippen LogP contribution in [0.25, 0.3) is 0 Å². The number of nitrogens with two attached hydrogens (primary N) is 1. The number of anilines is 1. The molecule has 0 unspecified atom stereocenters. The lowest BCUT2D eigenvalue weighted by molar-refractivity contribution is 0.304. The minimum absolute atomic E-state index is 0.196. The van der Waals surface area contributed by atoms with E-state index < -0.39 is 0 Å². The smallest absolute Gasteiger partial charge is 0.234 e. The zero-order chi connectivity index (χ0) is 14.1. The van der Waals surface area contributed by atoms with Gasteiger partial charge in [-0.15, -0.1) is 0 Å². The largest absolute Gasteiger partial charge is 0.477 e. The number of nitrogens with zero attached hydrogens (tertiary/aromatic N) is 2. The number of ether oxygens (including phenoxy) is 1. The summed E-state index contributed by atoms with van der Waals surface area (Å²) in [7, 11) is 0. The summed E-state index contributed by atoms with van der Waals surface area (Å²) in [6.07, 6.45) is 6.46. The van der Waals surface area contributed by atoms with Crippen molar-refractivity contribution in [2.24, 2.45) is 11.1 Å². The molecule has 1 aromatic rings. The van der Waals surface area contributed by atoms with Crippen molar-refractivity contribution in [1.82, 2.24) is 9.97 Å². The maximum Gasteiger partial charge on any atom is 0.234 e. The van der Waals surface area contributed by atoms with Gasteiger partial charge in [-0.2, -0.15) is 4.98 Å². The quantitative estimate of drug-likeness (QED) is 0.718. The van der Waals surface area contributed by atoms with E-state index in [-0.39, 0.29) is 5.41 Å². The predicted octanol–water partition coefficient (Wildman–Crippen LogP) is 2.44. The lowest BCUT2D eigenvalue weighted by Gasteiger charge is -2.25. The zero-order valence-corrected chi connectivity index (χ0v) is 12.3. The Morgan fingerprint density at radius 1 is 1.37 bits per heavy atom. The molecule has 0 saturated carbocycles. The Morgan fingerprint density at radius 3 is 2.84 bits per heavy atom. The maximum absolute atomic E-state index is 5.55. The van der Waals surface area contributed by atoms with E-state index in [1.807, 2.05) is 0 Å². The molecule has 0 saturated heterocycles. The highest BCUT2D eigenvalue weighted by Gasteiger charge is 2.17. The highest BCUT2D eigenvalue weighted by molar-refractivity contribution is 5.33. The van der Waals surface area contributed by atoms with Crippen LogP contribution in [0.5, 0.6) is 5.88 Å². The summed E-state index contributed by atoms with van der Waals surface area (Å²) in [5.41, 5.74) is 5.75. The van der Waals surface area contributed by atoms with Gasteiger partial charge in [0.1, 0.15) is 5.82 Å². The minimum atomic E-state index is 0.196. The topological polar surface area (TPSA) is 73.1 Å². The summed E-state index contributed by atoms with van der Waals surface area (Å²) in [5, 5.41) is 3.32. The van der Waals surface area contributed by atoms with Crippen LogP contribution in [0.3, 0.4) is 0 Å². The van der Waals surface area contributed by atoms with E-state index in [2.05, 4.69) is 36.1 Å². The van der Waals surface area contributed by atoms with Crippen LogP contribution in [0.15, 0.2) is 12.4 Å². The van der Waals surface area contributed by atoms with Crippen molar-refractivity contribution in [3.63, 3.8) is 0 Å². The van der Waals surface area contributed by atoms with E-state index in [1.165, 1.54) is 0 Å². The third-order valence-electron chi connectivity index (χ3n) is 2.87. The lowest BCUT2D eigenvalue weighted by atomic mass is 9.88. The molecule has 0 aliphatic rings. The molecular formula is C14H26N4O. The van der Waals surface area contributed by atoms with Gasteiger partial charge in [-0.1, -0.05) is 20.8 Å². The van der Waals surface area contributed by atoms with Gasteiger partial charge in [-0.25, -0.2) is 0 Å². The highest BCUT2D eigenvalue weighted by atomic mass is 16.5. The lowest BCUT2D eigenvalue weighted by Crippen LogP contribution is -2.24. The molecule has 0 spiro atoms.